The Morgan fingerprint density at radius 3 is 2.29 bits per heavy atom. The van der Waals surface area contributed by atoms with Gasteiger partial charge < -0.3 is 4.74 Å². The molecule has 1 atom stereocenters. The predicted octanol–water partition coefficient (Wildman–Crippen LogP) is 3.33. The summed E-state index contributed by atoms with van der Waals surface area (Å²) in [4.78, 5) is 10.5. The van der Waals surface area contributed by atoms with Gasteiger partial charge in [0.15, 0.2) is 0 Å². The highest BCUT2D eigenvalue weighted by Gasteiger charge is 2.51. The molecule has 0 aromatic heterocycles. The molecule has 0 saturated heterocycles. The second kappa shape index (κ2) is 5.97. The summed E-state index contributed by atoms with van der Waals surface area (Å²) in [5.74, 6) is -7.37. The topological polar surface area (TPSA) is 26.3 Å². The van der Waals surface area contributed by atoms with Crippen molar-refractivity contribution in [3.05, 3.63) is 12.7 Å². The fraction of sp³-hybridized carbons (Fsp3) is 0.700. The highest BCUT2D eigenvalue weighted by Crippen LogP contribution is 2.40. The van der Waals surface area contributed by atoms with Crippen LogP contribution < -0.4 is 0 Å². The molecular formula is C10H13F5O2. The zero-order valence-electron chi connectivity index (χ0n) is 9.19. The molecular weight excluding hydrogens is 247 g/mol. The van der Waals surface area contributed by atoms with Gasteiger partial charge >= 0.3 is 12.1 Å². The van der Waals surface area contributed by atoms with E-state index >= 15 is 0 Å². The van der Waals surface area contributed by atoms with Gasteiger partial charge in [-0.05, 0) is 13.3 Å². The summed E-state index contributed by atoms with van der Waals surface area (Å²) in [5.41, 5.74) is 0. The Morgan fingerprint density at radius 2 is 1.88 bits per heavy atom. The van der Waals surface area contributed by atoms with Crippen LogP contribution in [0, 0.1) is 5.92 Å². The Kier molecular flexibility index (Phi) is 5.57. The van der Waals surface area contributed by atoms with Crippen molar-refractivity contribution in [1.29, 1.82) is 0 Å². The van der Waals surface area contributed by atoms with E-state index in [1.807, 2.05) is 0 Å². The highest BCUT2D eigenvalue weighted by atomic mass is 19.4. The third-order valence-corrected chi connectivity index (χ3v) is 2.19. The number of esters is 1. The average Bonchev–Trinajstić information content (AvgIpc) is 2.21. The van der Waals surface area contributed by atoms with E-state index in [2.05, 4.69) is 11.3 Å². The van der Waals surface area contributed by atoms with Crippen molar-refractivity contribution in [2.75, 3.05) is 6.61 Å². The Morgan fingerprint density at radius 1 is 1.35 bits per heavy atom. The molecule has 1 unspecified atom stereocenters. The van der Waals surface area contributed by atoms with Crippen LogP contribution in [0.1, 0.15) is 19.8 Å². The number of carbonyl (C=O) groups is 1. The van der Waals surface area contributed by atoms with Gasteiger partial charge in [0.05, 0.1) is 6.61 Å². The second-order valence-electron chi connectivity index (χ2n) is 3.50. The number of alkyl halides is 5. The van der Waals surface area contributed by atoms with Crippen LogP contribution in [0.3, 0.4) is 0 Å². The van der Waals surface area contributed by atoms with Crippen LogP contribution in [0.2, 0.25) is 0 Å². The fourth-order valence-corrected chi connectivity index (χ4v) is 0.995. The molecule has 0 aromatic rings. The normalized spacial score (nSPS) is 14.2. The van der Waals surface area contributed by atoms with E-state index in [0.717, 1.165) is 6.08 Å². The molecule has 0 aliphatic rings. The molecule has 0 N–H and O–H groups in total. The SMILES string of the molecule is C=CC(=O)OCCCC(F)(F)C(C)C(F)(F)F. The maximum Gasteiger partial charge on any atom is 0.397 e. The Labute approximate surface area is 95.4 Å². The van der Waals surface area contributed by atoms with E-state index in [-0.39, 0.29) is 13.0 Å². The summed E-state index contributed by atoms with van der Waals surface area (Å²) in [6.45, 7) is 3.15. The van der Waals surface area contributed by atoms with Gasteiger partial charge in [0.1, 0.15) is 5.92 Å². The van der Waals surface area contributed by atoms with Gasteiger partial charge in [-0.15, -0.1) is 0 Å². The first-order valence-corrected chi connectivity index (χ1v) is 4.85. The van der Waals surface area contributed by atoms with Gasteiger partial charge in [0.25, 0.3) is 5.92 Å². The highest BCUT2D eigenvalue weighted by molar-refractivity contribution is 5.81. The van der Waals surface area contributed by atoms with Crippen LogP contribution in [-0.2, 0) is 9.53 Å². The lowest BCUT2D eigenvalue weighted by atomic mass is 9.99. The molecule has 0 aliphatic carbocycles. The summed E-state index contributed by atoms with van der Waals surface area (Å²) in [6.07, 6.45) is -5.43. The van der Waals surface area contributed by atoms with Gasteiger partial charge in [0.2, 0.25) is 0 Å². The molecule has 0 aromatic carbocycles. The summed E-state index contributed by atoms with van der Waals surface area (Å²) in [6, 6.07) is 0. The van der Waals surface area contributed by atoms with E-state index in [1.54, 1.807) is 0 Å². The van der Waals surface area contributed by atoms with E-state index in [4.69, 9.17) is 0 Å². The molecule has 0 amide bonds. The van der Waals surface area contributed by atoms with Crippen LogP contribution in [0.25, 0.3) is 0 Å². The van der Waals surface area contributed by atoms with Crippen molar-refractivity contribution in [3.8, 4) is 0 Å². The third-order valence-electron chi connectivity index (χ3n) is 2.19. The molecule has 0 bridgehead atoms. The lowest BCUT2D eigenvalue weighted by Gasteiger charge is -2.25. The molecule has 2 nitrogen and oxygen atoms in total. The Hall–Kier alpha value is -1.14. The molecule has 0 rings (SSSR count). The molecule has 0 heterocycles. The number of rotatable bonds is 6. The monoisotopic (exact) mass is 260 g/mol. The van der Waals surface area contributed by atoms with Crippen molar-refractivity contribution in [1.82, 2.24) is 0 Å². The van der Waals surface area contributed by atoms with E-state index in [0.29, 0.717) is 6.92 Å². The first-order chi connectivity index (χ1) is 7.61. The third kappa shape index (κ3) is 5.65. The quantitative estimate of drug-likeness (QED) is 0.317. The molecule has 0 radical (unpaired) electrons. The van der Waals surface area contributed by atoms with Crippen LogP contribution >= 0.6 is 0 Å². The van der Waals surface area contributed by atoms with Gasteiger partial charge in [0, 0.05) is 12.5 Å². The van der Waals surface area contributed by atoms with Gasteiger partial charge in [-0.3, -0.25) is 0 Å². The predicted molar refractivity (Wildman–Crippen MR) is 50.6 cm³/mol. The second-order valence-corrected chi connectivity index (χ2v) is 3.50. The number of hydrogen-bond acceptors (Lipinski definition) is 2. The van der Waals surface area contributed by atoms with Crippen molar-refractivity contribution in [2.24, 2.45) is 5.92 Å². The minimum Gasteiger partial charge on any atom is -0.463 e. The summed E-state index contributed by atoms with van der Waals surface area (Å²) in [7, 11) is 0. The minimum atomic E-state index is -4.94. The summed E-state index contributed by atoms with van der Waals surface area (Å²) in [5, 5.41) is 0. The average molecular weight is 260 g/mol. The van der Waals surface area contributed by atoms with Crippen molar-refractivity contribution in [2.45, 2.75) is 31.9 Å². The largest absolute Gasteiger partial charge is 0.463 e. The first-order valence-electron chi connectivity index (χ1n) is 4.85. The molecule has 0 fully saturated rings. The maximum atomic E-state index is 13.0. The van der Waals surface area contributed by atoms with E-state index in [9.17, 15) is 26.7 Å². The zero-order chi connectivity index (χ0) is 13.7. The van der Waals surface area contributed by atoms with Crippen molar-refractivity contribution in [3.63, 3.8) is 0 Å². The molecule has 100 valence electrons. The van der Waals surface area contributed by atoms with Crippen LogP contribution in [0.5, 0.6) is 0 Å². The standard InChI is InChI=1S/C10H13F5O2/c1-3-8(16)17-6-4-5-9(11,12)7(2)10(13,14)15/h3,7H,1,4-6H2,2H3. The van der Waals surface area contributed by atoms with Crippen LogP contribution in [0.4, 0.5) is 22.0 Å². The van der Waals surface area contributed by atoms with Crippen molar-refractivity contribution >= 4 is 5.97 Å². The zero-order valence-corrected chi connectivity index (χ0v) is 9.19. The lowest BCUT2D eigenvalue weighted by molar-refractivity contribution is -0.236. The van der Waals surface area contributed by atoms with Gasteiger partial charge in [-0.25, -0.2) is 13.6 Å². The van der Waals surface area contributed by atoms with Crippen LogP contribution in [0.15, 0.2) is 12.7 Å². The smallest absolute Gasteiger partial charge is 0.397 e. The molecule has 0 saturated carbocycles. The fourth-order valence-electron chi connectivity index (χ4n) is 0.995. The molecule has 0 aliphatic heterocycles. The molecule has 0 spiro atoms. The summed E-state index contributed by atoms with van der Waals surface area (Å²) < 4.78 is 66.6. The Bertz CT molecular complexity index is 272. The molecule has 17 heavy (non-hydrogen) atoms. The van der Waals surface area contributed by atoms with E-state index < -0.39 is 30.4 Å². The van der Waals surface area contributed by atoms with Crippen LogP contribution in [-0.4, -0.2) is 24.7 Å². The lowest BCUT2D eigenvalue weighted by Crippen LogP contribution is -2.37. The number of ether oxygens (including phenoxy) is 1. The Balaban J connectivity index is 4.10. The van der Waals surface area contributed by atoms with Crippen molar-refractivity contribution < 1.29 is 31.5 Å². The van der Waals surface area contributed by atoms with E-state index in [1.165, 1.54) is 0 Å². The maximum absolute atomic E-state index is 13.0. The van der Waals surface area contributed by atoms with Gasteiger partial charge in [-0.1, -0.05) is 6.58 Å². The number of halogens is 5. The summed E-state index contributed by atoms with van der Waals surface area (Å²) >= 11 is 0. The first kappa shape index (κ1) is 15.9. The number of hydrogen-bond donors (Lipinski definition) is 0. The van der Waals surface area contributed by atoms with Gasteiger partial charge in [-0.2, -0.15) is 13.2 Å². The number of carbonyl (C=O) groups excluding carboxylic acids is 1. The molecule has 7 heteroatoms. The minimum absolute atomic E-state index is 0.340.